The molecule has 3 heteroatoms. The molecule has 0 aliphatic carbocycles. The van der Waals surface area contributed by atoms with Gasteiger partial charge in [0.1, 0.15) is 0 Å². The summed E-state index contributed by atoms with van der Waals surface area (Å²) in [6.07, 6.45) is 0. The third-order valence-corrected chi connectivity index (χ3v) is 0. The molecule has 0 aromatic heterocycles. The third kappa shape index (κ3) is 113. The van der Waals surface area contributed by atoms with Gasteiger partial charge in [-0.05, 0) is 19.6 Å². The topological polar surface area (TPSA) is 20.2 Å². The molecule has 6 heavy (non-hydrogen) atoms. The predicted molar refractivity (Wildman–Crippen MR) is 32.7 cm³/mol. The molecule has 0 fully saturated rings. The summed E-state index contributed by atoms with van der Waals surface area (Å²) in [5, 5.41) is 0. The second-order valence-corrected chi connectivity index (χ2v) is 6.51. The van der Waals surface area contributed by atoms with E-state index < -0.39 is 8.32 Å². The van der Waals surface area contributed by atoms with Gasteiger partial charge >= 0.3 is 18.9 Å². The van der Waals surface area contributed by atoms with Crippen LogP contribution in [0.4, 0.5) is 0 Å². The Hall–Kier alpha value is 0.774. The molecule has 0 radical (unpaired) electrons. The van der Waals surface area contributed by atoms with Crippen molar-refractivity contribution in [1.29, 1.82) is 0 Å². The Morgan fingerprint density at radius 1 is 1.17 bits per heavy atom. The minimum absolute atomic E-state index is 0. The zero-order valence-electron chi connectivity index (χ0n) is 3.95. The van der Waals surface area contributed by atoms with Gasteiger partial charge in [0, 0.05) is 0 Å². The van der Waals surface area contributed by atoms with E-state index in [1.807, 2.05) is 19.6 Å². The van der Waals surface area contributed by atoms with Crippen molar-refractivity contribution in [3.05, 3.63) is 0 Å². The molecular formula is C3H11LiOSi. The number of hydrogen-bond acceptors (Lipinski definition) is 1. The Labute approximate surface area is 52.1 Å². The van der Waals surface area contributed by atoms with Crippen molar-refractivity contribution in [2.75, 3.05) is 0 Å². The second kappa shape index (κ2) is 2.87. The van der Waals surface area contributed by atoms with Crippen molar-refractivity contribution in [3.63, 3.8) is 0 Å². The molecule has 0 spiro atoms. The van der Waals surface area contributed by atoms with Crippen LogP contribution in [0.15, 0.2) is 0 Å². The summed E-state index contributed by atoms with van der Waals surface area (Å²) < 4.78 is 0. The van der Waals surface area contributed by atoms with Crippen LogP contribution < -0.4 is 0 Å². The Morgan fingerprint density at radius 2 is 1.17 bits per heavy atom. The summed E-state index contributed by atoms with van der Waals surface area (Å²) in [5.74, 6) is 0. The van der Waals surface area contributed by atoms with E-state index in [0.717, 1.165) is 0 Å². The Kier molecular flexibility index (Phi) is 4.74. The van der Waals surface area contributed by atoms with Gasteiger partial charge in [-0.1, -0.05) is 0 Å². The van der Waals surface area contributed by atoms with E-state index in [-0.39, 0.29) is 18.9 Å². The Bertz CT molecular complexity index is 26.3. The van der Waals surface area contributed by atoms with Crippen molar-refractivity contribution < 1.29 is 4.80 Å². The van der Waals surface area contributed by atoms with Crippen LogP contribution in [0.1, 0.15) is 0 Å². The minimum atomic E-state index is -1.61. The summed E-state index contributed by atoms with van der Waals surface area (Å²) in [4.78, 5) is 8.66. The van der Waals surface area contributed by atoms with Crippen molar-refractivity contribution in [2.45, 2.75) is 19.6 Å². The maximum atomic E-state index is 8.66. The van der Waals surface area contributed by atoms with Crippen molar-refractivity contribution in [2.24, 2.45) is 0 Å². The zero-order valence-corrected chi connectivity index (χ0v) is 4.95. The quantitative estimate of drug-likeness (QED) is 0.428. The standard InChI is InChI=1S/C3H10OSi.Li.H/c1-5(2,3)4;;/h4H,1-3H3;;. The molecule has 0 heterocycles. The van der Waals surface area contributed by atoms with Crippen LogP contribution in [0.3, 0.4) is 0 Å². The van der Waals surface area contributed by atoms with Gasteiger partial charge in [-0.3, -0.25) is 0 Å². The molecule has 0 aliphatic rings. The van der Waals surface area contributed by atoms with Crippen LogP contribution >= 0.6 is 0 Å². The summed E-state index contributed by atoms with van der Waals surface area (Å²) in [6, 6.07) is 0. The molecule has 0 bridgehead atoms. The summed E-state index contributed by atoms with van der Waals surface area (Å²) in [6.45, 7) is 5.65. The van der Waals surface area contributed by atoms with Gasteiger partial charge in [0.25, 0.3) is 0 Å². The predicted octanol–water partition coefficient (Wildman–Crippen LogP) is 0.165. The van der Waals surface area contributed by atoms with Gasteiger partial charge in [-0.15, -0.1) is 0 Å². The third-order valence-electron chi connectivity index (χ3n) is 0. The van der Waals surface area contributed by atoms with Crippen LogP contribution in [-0.4, -0.2) is 32.0 Å². The first-order chi connectivity index (χ1) is 2.00. The fraction of sp³-hybridized carbons (Fsp3) is 1.00. The summed E-state index contributed by atoms with van der Waals surface area (Å²) >= 11 is 0. The van der Waals surface area contributed by atoms with Crippen LogP contribution in [0, 0.1) is 0 Å². The maximum absolute atomic E-state index is 8.66. The van der Waals surface area contributed by atoms with Gasteiger partial charge in [-0.25, -0.2) is 0 Å². The molecule has 0 saturated heterocycles. The summed E-state index contributed by atoms with van der Waals surface area (Å²) in [5.41, 5.74) is 0. The van der Waals surface area contributed by atoms with Crippen LogP contribution in [0.2, 0.25) is 19.6 Å². The molecule has 0 aliphatic heterocycles. The Balaban J connectivity index is 0. The van der Waals surface area contributed by atoms with Crippen molar-refractivity contribution in [1.82, 2.24) is 0 Å². The molecule has 0 saturated carbocycles. The van der Waals surface area contributed by atoms with Gasteiger partial charge in [0.2, 0.25) is 0 Å². The van der Waals surface area contributed by atoms with Crippen LogP contribution in [0.25, 0.3) is 0 Å². The van der Waals surface area contributed by atoms with E-state index in [1.54, 1.807) is 0 Å². The molecule has 0 aromatic carbocycles. The van der Waals surface area contributed by atoms with Crippen LogP contribution in [-0.2, 0) is 0 Å². The Morgan fingerprint density at radius 3 is 1.17 bits per heavy atom. The van der Waals surface area contributed by atoms with Gasteiger partial charge in [0.15, 0.2) is 8.32 Å². The molecule has 0 atom stereocenters. The first-order valence-corrected chi connectivity index (χ1v) is 5.17. The van der Waals surface area contributed by atoms with E-state index >= 15 is 0 Å². The average molecular weight is 98.1 g/mol. The van der Waals surface area contributed by atoms with Crippen LogP contribution in [0.5, 0.6) is 0 Å². The molecule has 0 amide bonds. The molecular weight excluding hydrogens is 87.1 g/mol. The number of hydrogen-bond donors (Lipinski definition) is 1. The first kappa shape index (κ1) is 9.91. The molecule has 34 valence electrons. The molecule has 0 rings (SSSR count). The van der Waals surface area contributed by atoms with E-state index in [2.05, 4.69) is 0 Å². The zero-order chi connectivity index (χ0) is 4.50. The first-order valence-electron chi connectivity index (χ1n) is 1.72. The summed E-state index contributed by atoms with van der Waals surface area (Å²) in [7, 11) is -1.61. The SMILES string of the molecule is C[Si](C)(C)O.[LiH]. The van der Waals surface area contributed by atoms with Crippen molar-refractivity contribution in [3.8, 4) is 0 Å². The van der Waals surface area contributed by atoms with Gasteiger partial charge < -0.3 is 4.80 Å². The average Bonchev–Trinajstić information content (AvgIpc) is 0.722. The van der Waals surface area contributed by atoms with E-state index in [9.17, 15) is 0 Å². The normalized spacial score (nSPS) is 10.0. The van der Waals surface area contributed by atoms with Gasteiger partial charge in [-0.2, -0.15) is 0 Å². The molecule has 0 unspecified atom stereocenters. The van der Waals surface area contributed by atoms with Gasteiger partial charge in [0.05, 0.1) is 0 Å². The molecule has 0 aromatic rings. The second-order valence-electron chi connectivity index (χ2n) is 2.17. The fourth-order valence-electron chi connectivity index (χ4n) is 0. The van der Waals surface area contributed by atoms with E-state index in [0.29, 0.717) is 0 Å². The molecule has 1 N–H and O–H groups in total. The van der Waals surface area contributed by atoms with E-state index in [1.165, 1.54) is 0 Å². The van der Waals surface area contributed by atoms with E-state index in [4.69, 9.17) is 4.80 Å². The van der Waals surface area contributed by atoms with Crippen molar-refractivity contribution >= 4 is 27.2 Å². The molecule has 1 nitrogen and oxygen atoms in total. The fourth-order valence-corrected chi connectivity index (χ4v) is 0. The number of rotatable bonds is 0. The monoisotopic (exact) mass is 98.1 g/mol.